The van der Waals surface area contributed by atoms with E-state index in [9.17, 15) is 9.90 Å². The van der Waals surface area contributed by atoms with Gasteiger partial charge in [-0.2, -0.15) is 0 Å². The molecule has 0 aromatic rings. The molecule has 1 N–H and O–H groups in total. The minimum absolute atomic E-state index is 0.0982. The van der Waals surface area contributed by atoms with Gasteiger partial charge in [0.1, 0.15) is 6.10 Å². The second kappa shape index (κ2) is 4.61. The highest BCUT2D eigenvalue weighted by Gasteiger charge is 2.28. The molecule has 0 spiro atoms. The zero-order valence-corrected chi connectivity index (χ0v) is 9.13. The molecule has 0 aliphatic heterocycles. The molecule has 0 aliphatic carbocycles. The zero-order valence-electron chi connectivity index (χ0n) is 9.13. The first kappa shape index (κ1) is 12.4. The van der Waals surface area contributed by atoms with Crippen LogP contribution in [0.3, 0.4) is 0 Å². The maximum Gasteiger partial charge on any atom is 0.337 e. The lowest BCUT2D eigenvalue weighted by atomic mass is 10.0. The number of hydrogen-bond acceptors (Lipinski definition) is 3. The first-order valence-corrected chi connectivity index (χ1v) is 4.72. The molecule has 0 aromatic heterocycles. The van der Waals surface area contributed by atoms with Crippen LogP contribution in [-0.4, -0.2) is 22.8 Å². The molecule has 0 aromatic carbocycles. The largest absolute Gasteiger partial charge is 0.460 e. The highest BCUT2D eigenvalue weighted by atomic mass is 16.6. The van der Waals surface area contributed by atoms with E-state index in [1.54, 1.807) is 0 Å². The first-order valence-electron chi connectivity index (χ1n) is 4.72. The van der Waals surface area contributed by atoms with Gasteiger partial charge in [0.25, 0.3) is 0 Å². The van der Waals surface area contributed by atoms with Crippen LogP contribution in [0.4, 0.5) is 0 Å². The molecule has 0 rings (SSSR count). The summed E-state index contributed by atoms with van der Waals surface area (Å²) in [6, 6.07) is 0. The van der Waals surface area contributed by atoms with Crippen LogP contribution in [0.15, 0.2) is 0 Å². The Morgan fingerprint density at radius 3 is 2.15 bits per heavy atom. The van der Waals surface area contributed by atoms with Gasteiger partial charge in [-0.15, -0.1) is 0 Å². The van der Waals surface area contributed by atoms with Crippen molar-refractivity contribution in [1.82, 2.24) is 0 Å². The molecule has 1 atom stereocenters. The summed E-state index contributed by atoms with van der Waals surface area (Å²) in [6.45, 7) is 8.81. The number of aliphatic hydroxyl groups is 1. The van der Waals surface area contributed by atoms with E-state index < -0.39 is 11.6 Å². The van der Waals surface area contributed by atoms with Crippen molar-refractivity contribution in [2.75, 3.05) is 0 Å². The van der Waals surface area contributed by atoms with E-state index in [-0.39, 0.29) is 12.0 Å². The summed E-state index contributed by atoms with van der Waals surface area (Å²) in [6.07, 6.45) is 0.679. The van der Waals surface area contributed by atoms with Crippen molar-refractivity contribution in [1.29, 1.82) is 0 Å². The number of rotatable bonds is 4. The van der Waals surface area contributed by atoms with Crippen LogP contribution in [0.5, 0.6) is 0 Å². The van der Waals surface area contributed by atoms with Gasteiger partial charge >= 0.3 is 5.97 Å². The Hall–Kier alpha value is -0.570. The van der Waals surface area contributed by atoms with Gasteiger partial charge in [0.15, 0.2) is 5.60 Å². The molecule has 0 bridgehead atoms. The van der Waals surface area contributed by atoms with E-state index in [0.29, 0.717) is 0 Å². The zero-order chi connectivity index (χ0) is 10.6. The molecular weight excluding hydrogens is 168 g/mol. The predicted octanol–water partition coefficient (Wildman–Crippen LogP) is 1.74. The van der Waals surface area contributed by atoms with Crippen LogP contribution in [0, 0.1) is 5.92 Å². The summed E-state index contributed by atoms with van der Waals surface area (Å²) in [7, 11) is 0. The van der Waals surface area contributed by atoms with Crippen molar-refractivity contribution < 1.29 is 14.6 Å². The van der Waals surface area contributed by atoms with Crippen LogP contribution < -0.4 is 0 Å². The van der Waals surface area contributed by atoms with Crippen LogP contribution in [0.1, 0.15) is 41.0 Å². The summed E-state index contributed by atoms with van der Waals surface area (Å²) in [5, 5.41) is 9.34. The van der Waals surface area contributed by atoms with Crippen molar-refractivity contribution in [3.63, 3.8) is 0 Å². The number of carbonyl (C=O) groups excluding carboxylic acids is 1. The maximum atomic E-state index is 11.3. The van der Waals surface area contributed by atoms with Gasteiger partial charge < -0.3 is 9.84 Å². The van der Waals surface area contributed by atoms with Crippen LogP contribution in [0.25, 0.3) is 0 Å². The van der Waals surface area contributed by atoms with E-state index in [1.807, 2.05) is 20.8 Å². The highest BCUT2D eigenvalue weighted by molar-refractivity contribution is 5.78. The first-order chi connectivity index (χ1) is 5.79. The van der Waals surface area contributed by atoms with Crippen molar-refractivity contribution in [2.45, 2.75) is 52.7 Å². The third-order valence-corrected chi connectivity index (χ3v) is 1.90. The molecule has 3 nitrogen and oxygen atoms in total. The lowest BCUT2D eigenvalue weighted by molar-refractivity contribution is -0.169. The van der Waals surface area contributed by atoms with Crippen molar-refractivity contribution >= 4 is 5.97 Å². The van der Waals surface area contributed by atoms with Gasteiger partial charge in [0.2, 0.25) is 0 Å². The van der Waals surface area contributed by atoms with Crippen LogP contribution >= 0.6 is 0 Å². The quantitative estimate of drug-likeness (QED) is 0.683. The van der Waals surface area contributed by atoms with Gasteiger partial charge in [-0.3, -0.25) is 0 Å². The van der Waals surface area contributed by atoms with E-state index in [1.165, 1.54) is 13.8 Å². The van der Waals surface area contributed by atoms with Gasteiger partial charge in [-0.05, 0) is 26.2 Å². The number of ether oxygens (including phenoxy) is 1. The number of hydrogen-bond donors (Lipinski definition) is 1. The Morgan fingerprint density at radius 1 is 1.46 bits per heavy atom. The third kappa shape index (κ3) is 4.27. The standard InChI is InChI=1S/C10H20O3/c1-6-8(7(2)3)13-9(11)10(4,5)12/h7-8,12H,6H2,1-5H3. The molecule has 0 aliphatic rings. The summed E-state index contributed by atoms with van der Waals surface area (Å²) >= 11 is 0. The average Bonchev–Trinajstić information content (AvgIpc) is 1.96. The predicted molar refractivity (Wildman–Crippen MR) is 51.3 cm³/mol. The fraction of sp³-hybridized carbons (Fsp3) is 0.900. The molecule has 0 radical (unpaired) electrons. The van der Waals surface area contributed by atoms with Gasteiger partial charge in [-0.25, -0.2) is 4.79 Å². The number of carbonyl (C=O) groups is 1. The maximum absolute atomic E-state index is 11.3. The Kier molecular flexibility index (Phi) is 4.40. The van der Waals surface area contributed by atoms with E-state index in [4.69, 9.17) is 4.74 Å². The average molecular weight is 188 g/mol. The SMILES string of the molecule is CCC(OC(=O)C(C)(C)O)C(C)C. The molecule has 1 unspecified atom stereocenters. The van der Waals surface area contributed by atoms with E-state index >= 15 is 0 Å². The smallest absolute Gasteiger partial charge is 0.337 e. The second-order valence-electron chi connectivity index (χ2n) is 4.16. The Balaban J connectivity index is 4.18. The monoisotopic (exact) mass is 188 g/mol. The lowest BCUT2D eigenvalue weighted by Gasteiger charge is -2.24. The molecule has 0 saturated carbocycles. The van der Waals surface area contributed by atoms with E-state index in [0.717, 1.165) is 6.42 Å². The molecule has 0 fully saturated rings. The molecule has 3 heteroatoms. The normalized spacial score (nSPS) is 14.4. The van der Waals surface area contributed by atoms with E-state index in [2.05, 4.69) is 0 Å². The Morgan fingerprint density at radius 2 is 1.92 bits per heavy atom. The Labute approximate surface area is 80.1 Å². The van der Waals surface area contributed by atoms with Gasteiger partial charge in [0.05, 0.1) is 0 Å². The molecular formula is C10H20O3. The summed E-state index contributed by atoms with van der Waals surface area (Å²) < 4.78 is 5.14. The summed E-state index contributed by atoms with van der Waals surface area (Å²) in [4.78, 5) is 11.3. The molecule has 13 heavy (non-hydrogen) atoms. The van der Waals surface area contributed by atoms with Crippen molar-refractivity contribution in [3.05, 3.63) is 0 Å². The summed E-state index contributed by atoms with van der Waals surface area (Å²) in [5.74, 6) is -0.260. The number of esters is 1. The molecule has 0 amide bonds. The third-order valence-electron chi connectivity index (χ3n) is 1.90. The Bertz CT molecular complexity index is 167. The minimum atomic E-state index is -1.39. The summed E-state index contributed by atoms with van der Waals surface area (Å²) in [5.41, 5.74) is -1.39. The fourth-order valence-electron chi connectivity index (χ4n) is 0.973. The van der Waals surface area contributed by atoms with Crippen LogP contribution in [-0.2, 0) is 9.53 Å². The topological polar surface area (TPSA) is 46.5 Å². The highest BCUT2D eigenvalue weighted by Crippen LogP contribution is 2.14. The molecule has 0 saturated heterocycles. The molecule has 78 valence electrons. The second-order valence-corrected chi connectivity index (χ2v) is 4.16. The fourth-order valence-corrected chi connectivity index (χ4v) is 0.973. The lowest BCUT2D eigenvalue weighted by Crippen LogP contribution is -2.37. The van der Waals surface area contributed by atoms with Gasteiger partial charge in [0, 0.05) is 0 Å². The van der Waals surface area contributed by atoms with Gasteiger partial charge in [-0.1, -0.05) is 20.8 Å². The van der Waals surface area contributed by atoms with Crippen molar-refractivity contribution in [2.24, 2.45) is 5.92 Å². The minimum Gasteiger partial charge on any atom is -0.460 e. The van der Waals surface area contributed by atoms with Crippen LogP contribution in [0.2, 0.25) is 0 Å². The van der Waals surface area contributed by atoms with Crippen molar-refractivity contribution in [3.8, 4) is 0 Å². The molecule has 0 heterocycles.